The quantitative estimate of drug-likeness (QED) is 0.579. The molecule has 0 aromatic rings. The minimum atomic E-state index is -0.833. The fraction of sp³-hybridized carbons (Fsp3) is 0.875. The van der Waals surface area contributed by atoms with Gasteiger partial charge < -0.3 is 19.9 Å². The molecule has 5 heteroatoms. The molecule has 5 nitrogen and oxygen atoms in total. The molecule has 0 heterocycles. The Morgan fingerprint density at radius 1 is 1.23 bits per heavy atom. The minimum Gasteiger partial charge on any atom is -0.481 e. The van der Waals surface area contributed by atoms with E-state index in [2.05, 4.69) is 5.32 Å². The number of carboxylic acid groups (broad SMARTS) is 1. The standard InChI is InChI=1S/C6H15NO2.C2H4O2/c1-8-5-3-7-4-6-9-2;1-2(3)4/h7H,3-6H2,1-2H3;1H3,(H,3,4). The number of ether oxygens (including phenoxy) is 2. The Bertz CT molecular complexity index is 98.3. The van der Waals surface area contributed by atoms with Crippen molar-refractivity contribution in [2.45, 2.75) is 6.92 Å². The maximum atomic E-state index is 9.00. The lowest BCUT2D eigenvalue weighted by molar-refractivity contribution is -0.134. The summed E-state index contributed by atoms with van der Waals surface area (Å²) in [7, 11) is 3.38. The molecule has 0 aliphatic carbocycles. The van der Waals surface area contributed by atoms with E-state index in [-0.39, 0.29) is 0 Å². The van der Waals surface area contributed by atoms with Gasteiger partial charge in [0.1, 0.15) is 0 Å². The minimum absolute atomic E-state index is 0.768. The third kappa shape index (κ3) is 34.7. The van der Waals surface area contributed by atoms with Crippen molar-refractivity contribution in [1.82, 2.24) is 5.32 Å². The highest BCUT2D eigenvalue weighted by Crippen LogP contribution is 1.65. The summed E-state index contributed by atoms with van der Waals surface area (Å²) in [6.45, 7) is 4.42. The van der Waals surface area contributed by atoms with Gasteiger partial charge in [0.15, 0.2) is 0 Å². The summed E-state index contributed by atoms with van der Waals surface area (Å²) in [5, 5.41) is 10.6. The first-order valence-corrected chi connectivity index (χ1v) is 4.03. The molecule has 13 heavy (non-hydrogen) atoms. The maximum absolute atomic E-state index is 9.00. The lowest BCUT2D eigenvalue weighted by Gasteiger charge is -2.01. The van der Waals surface area contributed by atoms with Crippen LogP contribution in [-0.4, -0.2) is 51.6 Å². The molecule has 0 radical (unpaired) electrons. The van der Waals surface area contributed by atoms with Crippen LogP contribution in [0.2, 0.25) is 0 Å². The van der Waals surface area contributed by atoms with Gasteiger partial charge in [0.05, 0.1) is 13.2 Å². The molecule has 0 aromatic heterocycles. The molecule has 0 rings (SSSR count). The van der Waals surface area contributed by atoms with Crippen molar-refractivity contribution in [3.8, 4) is 0 Å². The summed E-state index contributed by atoms with van der Waals surface area (Å²) in [4.78, 5) is 9.00. The molecular weight excluding hydrogens is 174 g/mol. The second-order valence-electron chi connectivity index (χ2n) is 2.25. The molecule has 0 unspecified atom stereocenters. The van der Waals surface area contributed by atoms with E-state index in [1.807, 2.05) is 0 Å². The molecule has 0 aromatic carbocycles. The zero-order valence-electron chi connectivity index (χ0n) is 8.50. The lowest BCUT2D eigenvalue weighted by atomic mass is 10.6. The average Bonchev–Trinajstić information content (AvgIpc) is 2.03. The number of rotatable bonds is 6. The normalized spacial score (nSPS) is 8.85. The second kappa shape index (κ2) is 13.9. The lowest BCUT2D eigenvalue weighted by Crippen LogP contribution is -2.23. The van der Waals surface area contributed by atoms with Crippen LogP contribution in [0.4, 0.5) is 0 Å². The average molecular weight is 193 g/mol. The van der Waals surface area contributed by atoms with Crippen molar-refractivity contribution < 1.29 is 19.4 Å². The highest BCUT2D eigenvalue weighted by molar-refractivity contribution is 5.62. The van der Waals surface area contributed by atoms with Crippen molar-refractivity contribution >= 4 is 5.97 Å². The van der Waals surface area contributed by atoms with E-state index in [1.165, 1.54) is 0 Å². The third-order valence-corrected chi connectivity index (χ3v) is 0.966. The van der Waals surface area contributed by atoms with Gasteiger partial charge >= 0.3 is 0 Å². The number of nitrogens with one attached hydrogen (secondary N) is 1. The van der Waals surface area contributed by atoms with Gasteiger partial charge in [-0.15, -0.1) is 0 Å². The molecule has 0 atom stereocenters. The first kappa shape index (κ1) is 14.9. The summed E-state index contributed by atoms with van der Waals surface area (Å²) in [6.07, 6.45) is 0. The van der Waals surface area contributed by atoms with Crippen LogP contribution in [0.15, 0.2) is 0 Å². The van der Waals surface area contributed by atoms with Gasteiger partial charge in [-0.2, -0.15) is 0 Å². The molecule has 0 saturated heterocycles. The Labute approximate surface area is 79.0 Å². The topological polar surface area (TPSA) is 67.8 Å². The Hall–Kier alpha value is -0.650. The first-order chi connectivity index (χ1) is 6.15. The number of carboxylic acids is 1. The van der Waals surface area contributed by atoms with Crippen LogP contribution in [0, 0.1) is 0 Å². The Morgan fingerprint density at radius 3 is 1.77 bits per heavy atom. The predicted molar refractivity (Wildman–Crippen MR) is 49.9 cm³/mol. The number of methoxy groups -OCH3 is 2. The molecule has 2 N–H and O–H groups in total. The Kier molecular flexibility index (Phi) is 15.9. The first-order valence-electron chi connectivity index (χ1n) is 4.03. The summed E-state index contributed by atoms with van der Waals surface area (Å²) in [5.74, 6) is -0.833. The van der Waals surface area contributed by atoms with E-state index >= 15 is 0 Å². The van der Waals surface area contributed by atoms with Crippen LogP contribution in [-0.2, 0) is 14.3 Å². The molecule has 80 valence electrons. The Balaban J connectivity index is 0. The molecule has 0 bridgehead atoms. The van der Waals surface area contributed by atoms with E-state index in [1.54, 1.807) is 14.2 Å². The van der Waals surface area contributed by atoms with Crippen molar-refractivity contribution in [2.75, 3.05) is 40.5 Å². The Morgan fingerprint density at radius 2 is 1.54 bits per heavy atom. The highest BCUT2D eigenvalue weighted by atomic mass is 16.5. The van der Waals surface area contributed by atoms with Crippen molar-refractivity contribution in [1.29, 1.82) is 0 Å². The monoisotopic (exact) mass is 193 g/mol. The largest absolute Gasteiger partial charge is 0.481 e. The number of carbonyl (C=O) groups is 1. The summed E-state index contributed by atoms with van der Waals surface area (Å²) < 4.78 is 9.64. The molecule has 0 saturated carbocycles. The van der Waals surface area contributed by atoms with E-state index in [4.69, 9.17) is 19.4 Å². The zero-order valence-corrected chi connectivity index (χ0v) is 8.50. The third-order valence-electron chi connectivity index (χ3n) is 0.966. The molecule has 0 aliphatic rings. The van der Waals surface area contributed by atoms with Crippen molar-refractivity contribution in [3.63, 3.8) is 0 Å². The predicted octanol–water partition coefficient (Wildman–Crippen LogP) is -0.0403. The number of hydrogen-bond acceptors (Lipinski definition) is 4. The van der Waals surface area contributed by atoms with Crippen molar-refractivity contribution in [2.24, 2.45) is 0 Å². The van der Waals surface area contributed by atoms with Gasteiger partial charge in [-0.1, -0.05) is 0 Å². The van der Waals surface area contributed by atoms with Gasteiger partial charge in [0, 0.05) is 34.2 Å². The zero-order chi connectivity index (χ0) is 10.5. The molecule has 0 spiro atoms. The SMILES string of the molecule is CC(=O)O.COCCNCCOC. The van der Waals surface area contributed by atoms with Crippen LogP contribution in [0.25, 0.3) is 0 Å². The van der Waals surface area contributed by atoms with Gasteiger partial charge in [-0.05, 0) is 0 Å². The van der Waals surface area contributed by atoms with E-state index in [0.29, 0.717) is 0 Å². The fourth-order valence-electron chi connectivity index (χ4n) is 0.473. The summed E-state index contributed by atoms with van der Waals surface area (Å²) in [6, 6.07) is 0. The van der Waals surface area contributed by atoms with Gasteiger partial charge in [0.25, 0.3) is 5.97 Å². The summed E-state index contributed by atoms with van der Waals surface area (Å²) in [5.41, 5.74) is 0. The van der Waals surface area contributed by atoms with E-state index < -0.39 is 5.97 Å². The smallest absolute Gasteiger partial charge is 0.300 e. The van der Waals surface area contributed by atoms with Gasteiger partial charge in [0.2, 0.25) is 0 Å². The molecule has 0 aliphatic heterocycles. The highest BCUT2D eigenvalue weighted by Gasteiger charge is 1.83. The van der Waals surface area contributed by atoms with Crippen LogP contribution in [0.1, 0.15) is 6.92 Å². The fourth-order valence-corrected chi connectivity index (χ4v) is 0.473. The van der Waals surface area contributed by atoms with Gasteiger partial charge in [-0.25, -0.2) is 0 Å². The maximum Gasteiger partial charge on any atom is 0.300 e. The van der Waals surface area contributed by atoms with Crippen molar-refractivity contribution in [3.05, 3.63) is 0 Å². The second-order valence-corrected chi connectivity index (χ2v) is 2.25. The van der Waals surface area contributed by atoms with Gasteiger partial charge in [-0.3, -0.25) is 4.79 Å². The summed E-state index contributed by atoms with van der Waals surface area (Å²) >= 11 is 0. The van der Waals surface area contributed by atoms with Crippen LogP contribution >= 0.6 is 0 Å². The van der Waals surface area contributed by atoms with E-state index in [0.717, 1.165) is 33.2 Å². The van der Waals surface area contributed by atoms with E-state index in [9.17, 15) is 0 Å². The number of aliphatic carboxylic acids is 1. The molecule has 0 fully saturated rings. The number of hydrogen-bond donors (Lipinski definition) is 2. The van der Waals surface area contributed by atoms with Crippen LogP contribution in [0.5, 0.6) is 0 Å². The molecule has 0 amide bonds. The molecular formula is C8H19NO4. The van der Waals surface area contributed by atoms with Crippen LogP contribution < -0.4 is 5.32 Å². The van der Waals surface area contributed by atoms with Crippen LogP contribution in [0.3, 0.4) is 0 Å².